The number of rotatable bonds is 1. The second-order valence-electron chi connectivity index (χ2n) is 2.79. The van der Waals surface area contributed by atoms with Gasteiger partial charge in [-0.15, -0.1) is 0 Å². The van der Waals surface area contributed by atoms with E-state index >= 15 is 0 Å². The lowest BCUT2D eigenvalue weighted by Crippen LogP contribution is -2.07. The second kappa shape index (κ2) is 3.01. The largest absolute Gasteiger partial charge is 0.324 e. The highest BCUT2D eigenvalue weighted by Gasteiger charge is 2.03. The molecular weight excluding hydrogens is 141 g/mol. The molecule has 0 bridgehead atoms. The third-order valence-electron chi connectivity index (χ3n) is 1.73. The minimum atomic E-state index is -0.220. The third-order valence-corrected chi connectivity index (χ3v) is 1.73. The van der Waals surface area contributed by atoms with Crippen LogP contribution in [0.25, 0.3) is 0 Å². The van der Waals surface area contributed by atoms with Crippen molar-refractivity contribution in [3.8, 4) is 0 Å². The Morgan fingerprint density at radius 1 is 1.45 bits per heavy atom. The van der Waals surface area contributed by atoms with E-state index in [9.17, 15) is 4.39 Å². The molecule has 1 aromatic carbocycles. The number of aryl methyl sites for hydroxylation is 1. The molecule has 0 aromatic heterocycles. The van der Waals surface area contributed by atoms with Crippen LogP contribution < -0.4 is 5.73 Å². The predicted octanol–water partition coefficient (Wildman–Crippen LogP) is 2.15. The molecule has 1 nitrogen and oxygen atoms in total. The van der Waals surface area contributed by atoms with E-state index in [-0.39, 0.29) is 11.9 Å². The molecule has 0 unspecified atom stereocenters. The Bertz CT molecular complexity index is 256. The molecule has 0 saturated heterocycles. The summed E-state index contributed by atoms with van der Waals surface area (Å²) in [5, 5.41) is 0. The minimum absolute atomic E-state index is 0.0919. The van der Waals surface area contributed by atoms with Gasteiger partial charge in [-0.25, -0.2) is 4.39 Å². The maximum Gasteiger partial charge on any atom is 0.123 e. The smallest absolute Gasteiger partial charge is 0.123 e. The lowest BCUT2D eigenvalue weighted by Gasteiger charge is -2.08. The summed E-state index contributed by atoms with van der Waals surface area (Å²) in [6, 6.07) is 4.58. The number of nitrogens with two attached hydrogens (primary N) is 1. The molecule has 0 amide bonds. The molecule has 1 rings (SSSR count). The first-order valence-electron chi connectivity index (χ1n) is 3.63. The molecule has 60 valence electrons. The van der Waals surface area contributed by atoms with Gasteiger partial charge in [0.25, 0.3) is 0 Å². The zero-order valence-corrected chi connectivity index (χ0v) is 6.76. The summed E-state index contributed by atoms with van der Waals surface area (Å²) >= 11 is 0. The average Bonchev–Trinajstić information content (AvgIpc) is 1.94. The number of halogens is 1. The quantitative estimate of drug-likeness (QED) is 0.657. The van der Waals surface area contributed by atoms with Gasteiger partial charge in [0, 0.05) is 6.04 Å². The summed E-state index contributed by atoms with van der Waals surface area (Å²) < 4.78 is 12.7. The normalized spacial score (nSPS) is 13.1. The van der Waals surface area contributed by atoms with Gasteiger partial charge in [0.2, 0.25) is 0 Å². The van der Waals surface area contributed by atoms with Crippen molar-refractivity contribution in [2.45, 2.75) is 19.9 Å². The summed E-state index contributed by atoms with van der Waals surface area (Å²) in [5.41, 5.74) is 7.54. The third kappa shape index (κ3) is 1.77. The summed E-state index contributed by atoms with van der Waals surface area (Å²) in [6.45, 7) is 3.78. The van der Waals surface area contributed by atoms with E-state index in [1.54, 1.807) is 6.07 Å². The van der Waals surface area contributed by atoms with Crippen LogP contribution in [0.3, 0.4) is 0 Å². The first-order valence-corrected chi connectivity index (χ1v) is 3.63. The van der Waals surface area contributed by atoms with E-state index in [0.717, 1.165) is 11.1 Å². The Kier molecular flexibility index (Phi) is 2.25. The fraction of sp³-hybridized carbons (Fsp3) is 0.333. The van der Waals surface area contributed by atoms with E-state index in [1.165, 1.54) is 12.1 Å². The number of benzene rings is 1. The van der Waals surface area contributed by atoms with Crippen molar-refractivity contribution in [1.82, 2.24) is 0 Å². The fourth-order valence-corrected chi connectivity index (χ4v) is 1.10. The molecule has 0 heterocycles. The average molecular weight is 153 g/mol. The SMILES string of the molecule is Cc1ccc(F)cc1[C@H](C)N. The Morgan fingerprint density at radius 3 is 2.55 bits per heavy atom. The lowest BCUT2D eigenvalue weighted by molar-refractivity contribution is 0.621. The second-order valence-corrected chi connectivity index (χ2v) is 2.79. The molecule has 0 fully saturated rings. The zero-order chi connectivity index (χ0) is 8.43. The van der Waals surface area contributed by atoms with Gasteiger partial charge in [-0.2, -0.15) is 0 Å². The van der Waals surface area contributed by atoms with Gasteiger partial charge >= 0.3 is 0 Å². The van der Waals surface area contributed by atoms with Crippen LogP contribution in [0.4, 0.5) is 4.39 Å². The van der Waals surface area contributed by atoms with Crippen LogP contribution in [-0.2, 0) is 0 Å². The highest BCUT2D eigenvalue weighted by Crippen LogP contribution is 2.15. The Labute approximate surface area is 66.0 Å². The Morgan fingerprint density at radius 2 is 2.09 bits per heavy atom. The molecule has 0 aliphatic heterocycles. The molecule has 0 saturated carbocycles. The van der Waals surface area contributed by atoms with Crippen molar-refractivity contribution in [3.63, 3.8) is 0 Å². The first kappa shape index (κ1) is 8.21. The molecule has 0 radical (unpaired) electrons. The molecule has 11 heavy (non-hydrogen) atoms. The molecule has 2 N–H and O–H groups in total. The van der Waals surface area contributed by atoms with Crippen molar-refractivity contribution in [2.75, 3.05) is 0 Å². The maximum absolute atomic E-state index is 12.7. The van der Waals surface area contributed by atoms with Crippen LogP contribution in [0, 0.1) is 12.7 Å². The van der Waals surface area contributed by atoms with Crippen molar-refractivity contribution in [3.05, 3.63) is 35.1 Å². The Balaban J connectivity index is 3.13. The van der Waals surface area contributed by atoms with Crippen LogP contribution >= 0.6 is 0 Å². The van der Waals surface area contributed by atoms with Gasteiger partial charge in [0.15, 0.2) is 0 Å². The topological polar surface area (TPSA) is 26.0 Å². The van der Waals surface area contributed by atoms with E-state index < -0.39 is 0 Å². The van der Waals surface area contributed by atoms with Gasteiger partial charge in [0.1, 0.15) is 5.82 Å². The summed E-state index contributed by atoms with van der Waals surface area (Å²) in [7, 11) is 0. The summed E-state index contributed by atoms with van der Waals surface area (Å²) in [4.78, 5) is 0. The van der Waals surface area contributed by atoms with Crippen molar-refractivity contribution in [1.29, 1.82) is 0 Å². The van der Waals surface area contributed by atoms with Gasteiger partial charge in [0.05, 0.1) is 0 Å². The van der Waals surface area contributed by atoms with E-state index in [2.05, 4.69) is 0 Å². The monoisotopic (exact) mass is 153 g/mol. The summed E-state index contributed by atoms with van der Waals surface area (Å²) in [5.74, 6) is -0.220. The highest BCUT2D eigenvalue weighted by molar-refractivity contribution is 5.28. The number of hydrogen-bond acceptors (Lipinski definition) is 1. The van der Waals surface area contributed by atoms with Crippen molar-refractivity contribution < 1.29 is 4.39 Å². The Hall–Kier alpha value is -0.890. The van der Waals surface area contributed by atoms with E-state index in [0.29, 0.717) is 0 Å². The van der Waals surface area contributed by atoms with E-state index in [1.807, 2.05) is 13.8 Å². The summed E-state index contributed by atoms with van der Waals surface area (Å²) in [6.07, 6.45) is 0. The molecular formula is C9H12FN. The maximum atomic E-state index is 12.7. The molecule has 1 atom stereocenters. The molecule has 0 spiro atoms. The lowest BCUT2D eigenvalue weighted by atomic mass is 10.0. The van der Waals surface area contributed by atoms with Crippen molar-refractivity contribution in [2.24, 2.45) is 5.73 Å². The van der Waals surface area contributed by atoms with Gasteiger partial charge < -0.3 is 5.73 Å². The van der Waals surface area contributed by atoms with Crippen LogP contribution in [-0.4, -0.2) is 0 Å². The van der Waals surface area contributed by atoms with Crippen molar-refractivity contribution >= 4 is 0 Å². The minimum Gasteiger partial charge on any atom is -0.324 e. The van der Waals surface area contributed by atoms with Gasteiger partial charge in [-0.05, 0) is 37.1 Å². The highest BCUT2D eigenvalue weighted by atomic mass is 19.1. The molecule has 2 heteroatoms. The van der Waals surface area contributed by atoms with Crippen LogP contribution in [0.15, 0.2) is 18.2 Å². The van der Waals surface area contributed by atoms with Crippen LogP contribution in [0.1, 0.15) is 24.1 Å². The number of hydrogen-bond donors (Lipinski definition) is 1. The van der Waals surface area contributed by atoms with Crippen LogP contribution in [0.2, 0.25) is 0 Å². The zero-order valence-electron chi connectivity index (χ0n) is 6.76. The van der Waals surface area contributed by atoms with Gasteiger partial charge in [-0.1, -0.05) is 6.07 Å². The van der Waals surface area contributed by atoms with Gasteiger partial charge in [-0.3, -0.25) is 0 Å². The first-order chi connectivity index (χ1) is 5.11. The van der Waals surface area contributed by atoms with E-state index in [4.69, 9.17) is 5.73 Å². The molecule has 0 aliphatic carbocycles. The molecule has 1 aromatic rings. The predicted molar refractivity (Wildman–Crippen MR) is 43.7 cm³/mol. The van der Waals surface area contributed by atoms with Crippen LogP contribution in [0.5, 0.6) is 0 Å². The fourth-order valence-electron chi connectivity index (χ4n) is 1.10. The molecule has 0 aliphatic rings. The standard InChI is InChI=1S/C9H12FN/c1-6-3-4-8(10)5-9(6)7(2)11/h3-5,7H,11H2,1-2H3/t7-/m0/s1.